The van der Waals surface area contributed by atoms with E-state index in [0.29, 0.717) is 12.8 Å². The number of halogens is 1. The van der Waals surface area contributed by atoms with Gasteiger partial charge < -0.3 is 4.74 Å². The zero-order chi connectivity index (χ0) is 20.1. The highest BCUT2D eigenvalue weighted by atomic mass is 32.2. The number of sulfonamides is 1. The maximum absolute atomic E-state index is 13.0. The van der Waals surface area contributed by atoms with Crippen LogP contribution in [0.5, 0.6) is 0 Å². The van der Waals surface area contributed by atoms with Crippen molar-refractivity contribution in [3.05, 3.63) is 46.2 Å². The Labute approximate surface area is 168 Å². The van der Waals surface area contributed by atoms with Crippen molar-refractivity contribution in [3.8, 4) is 0 Å². The highest BCUT2D eigenvalue weighted by molar-refractivity contribution is 7.89. The second-order valence-electron chi connectivity index (χ2n) is 6.72. The Hall–Kier alpha value is -1.84. The summed E-state index contributed by atoms with van der Waals surface area (Å²) in [4.78, 5) is 16.8. The minimum absolute atomic E-state index is 0.0568. The van der Waals surface area contributed by atoms with Gasteiger partial charge in [0, 0.05) is 18.5 Å². The molecular weight excluding hydrogens is 403 g/mol. The van der Waals surface area contributed by atoms with Gasteiger partial charge in [0.1, 0.15) is 12.4 Å². The van der Waals surface area contributed by atoms with Gasteiger partial charge in [0.25, 0.3) is 0 Å². The summed E-state index contributed by atoms with van der Waals surface area (Å²) in [6.07, 6.45) is 2.74. The summed E-state index contributed by atoms with van der Waals surface area (Å²) in [6.45, 7) is 2.70. The van der Waals surface area contributed by atoms with E-state index in [2.05, 4.69) is 11.9 Å². The predicted octanol–water partition coefficient (Wildman–Crippen LogP) is 3.38. The molecule has 0 bridgehead atoms. The van der Waals surface area contributed by atoms with Gasteiger partial charge in [-0.05, 0) is 49.9 Å². The van der Waals surface area contributed by atoms with E-state index in [1.54, 1.807) is 11.3 Å². The first-order valence-electron chi connectivity index (χ1n) is 9.25. The van der Waals surface area contributed by atoms with E-state index in [0.717, 1.165) is 35.7 Å². The molecule has 1 aliphatic rings. The van der Waals surface area contributed by atoms with Crippen molar-refractivity contribution >= 4 is 27.3 Å². The summed E-state index contributed by atoms with van der Waals surface area (Å²) in [5.41, 5.74) is 0.748. The Kier molecular flexibility index (Phi) is 6.79. The first-order chi connectivity index (χ1) is 13.4. The number of aromatic nitrogens is 1. The maximum Gasteiger partial charge on any atom is 0.309 e. The topological polar surface area (TPSA) is 76.6 Å². The standard InChI is InChI=1S/C19H23FN2O4S2/c1-2-3-18-21-16(13-27-18)12-26-19(23)14-8-10-22(11-9-14)28(24,25)17-6-4-15(20)5-7-17/h4-7,13-14H,2-3,8-12H2,1H3. The second kappa shape index (κ2) is 9.11. The normalized spacial score (nSPS) is 16.2. The number of nitrogens with zero attached hydrogens (tertiary/aromatic N) is 2. The first kappa shape index (κ1) is 20.9. The third-order valence-corrected chi connectivity index (χ3v) is 7.53. The largest absolute Gasteiger partial charge is 0.459 e. The third kappa shape index (κ3) is 4.95. The number of carbonyl (C=O) groups is 1. The van der Waals surface area contributed by atoms with Gasteiger partial charge >= 0.3 is 5.97 Å². The summed E-state index contributed by atoms with van der Waals surface area (Å²) >= 11 is 1.56. The van der Waals surface area contributed by atoms with E-state index in [1.807, 2.05) is 5.38 Å². The molecule has 0 amide bonds. The number of esters is 1. The zero-order valence-electron chi connectivity index (χ0n) is 15.6. The van der Waals surface area contributed by atoms with Gasteiger partial charge in [-0.15, -0.1) is 11.3 Å². The van der Waals surface area contributed by atoms with E-state index in [9.17, 15) is 17.6 Å². The van der Waals surface area contributed by atoms with E-state index in [1.165, 1.54) is 16.4 Å². The fourth-order valence-electron chi connectivity index (χ4n) is 3.09. The molecule has 3 rings (SSSR count). The van der Waals surface area contributed by atoms with Crippen LogP contribution in [0.1, 0.15) is 36.9 Å². The van der Waals surface area contributed by atoms with Crippen LogP contribution in [0, 0.1) is 11.7 Å². The van der Waals surface area contributed by atoms with Crippen molar-refractivity contribution in [3.63, 3.8) is 0 Å². The molecule has 2 aromatic rings. The fourth-order valence-corrected chi connectivity index (χ4v) is 5.45. The molecule has 152 valence electrons. The molecule has 0 N–H and O–H groups in total. The van der Waals surface area contributed by atoms with Gasteiger partial charge in [0.15, 0.2) is 0 Å². The number of aryl methyl sites for hydroxylation is 1. The molecule has 0 atom stereocenters. The molecule has 1 aliphatic heterocycles. The van der Waals surface area contributed by atoms with Crippen molar-refractivity contribution in [2.45, 2.75) is 44.1 Å². The van der Waals surface area contributed by atoms with Crippen LogP contribution < -0.4 is 0 Å². The van der Waals surface area contributed by atoms with Crippen LogP contribution in [0.25, 0.3) is 0 Å². The fraction of sp³-hybridized carbons (Fsp3) is 0.474. The molecule has 1 aromatic carbocycles. The Morgan fingerprint density at radius 1 is 1.29 bits per heavy atom. The molecule has 0 aliphatic carbocycles. The number of thiazole rings is 1. The highest BCUT2D eigenvalue weighted by Crippen LogP contribution is 2.25. The van der Waals surface area contributed by atoms with Crippen molar-refractivity contribution in [1.29, 1.82) is 0 Å². The van der Waals surface area contributed by atoms with Crippen LogP contribution in [0.4, 0.5) is 4.39 Å². The van der Waals surface area contributed by atoms with Gasteiger partial charge in [0.2, 0.25) is 10.0 Å². The van der Waals surface area contributed by atoms with Gasteiger partial charge in [-0.25, -0.2) is 17.8 Å². The van der Waals surface area contributed by atoms with E-state index >= 15 is 0 Å². The van der Waals surface area contributed by atoms with Crippen molar-refractivity contribution in [2.75, 3.05) is 13.1 Å². The average Bonchev–Trinajstić information content (AvgIpc) is 3.14. The number of ether oxygens (including phenoxy) is 1. The second-order valence-corrected chi connectivity index (χ2v) is 9.60. The molecule has 2 heterocycles. The molecule has 28 heavy (non-hydrogen) atoms. The SMILES string of the molecule is CCCc1nc(COC(=O)C2CCN(S(=O)(=O)c3ccc(F)cc3)CC2)cs1. The van der Waals surface area contributed by atoms with E-state index in [-0.39, 0.29) is 36.5 Å². The summed E-state index contributed by atoms with van der Waals surface area (Å²) in [5, 5.41) is 2.93. The summed E-state index contributed by atoms with van der Waals surface area (Å²) in [6, 6.07) is 4.76. The first-order valence-corrected chi connectivity index (χ1v) is 11.6. The molecule has 0 radical (unpaired) electrons. The smallest absolute Gasteiger partial charge is 0.309 e. The molecule has 0 spiro atoms. The van der Waals surface area contributed by atoms with Crippen LogP contribution >= 0.6 is 11.3 Å². The Morgan fingerprint density at radius 3 is 2.61 bits per heavy atom. The van der Waals surface area contributed by atoms with Crippen LogP contribution in [-0.2, 0) is 32.6 Å². The van der Waals surface area contributed by atoms with Gasteiger partial charge in [-0.2, -0.15) is 4.31 Å². The number of hydrogen-bond donors (Lipinski definition) is 0. The van der Waals surface area contributed by atoms with Crippen LogP contribution in [0.3, 0.4) is 0 Å². The number of hydrogen-bond acceptors (Lipinski definition) is 6. The highest BCUT2D eigenvalue weighted by Gasteiger charge is 2.32. The van der Waals surface area contributed by atoms with Gasteiger partial charge in [-0.1, -0.05) is 6.92 Å². The molecule has 1 fully saturated rings. The summed E-state index contributed by atoms with van der Waals surface area (Å²) < 4.78 is 45.0. The third-order valence-electron chi connectivity index (χ3n) is 4.66. The molecule has 0 saturated carbocycles. The monoisotopic (exact) mass is 426 g/mol. The lowest BCUT2D eigenvalue weighted by Gasteiger charge is -2.30. The lowest BCUT2D eigenvalue weighted by atomic mass is 9.98. The molecule has 6 nitrogen and oxygen atoms in total. The van der Waals surface area contributed by atoms with E-state index in [4.69, 9.17) is 4.74 Å². The quantitative estimate of drug-likeness (QED) is 0.635. The average molecular weight is 427 g/mol. The van der Waals surface area contributed by atoms with Crippen molar-refractivity contribution in [1.82, 2.24) is 9.29 Å². The van der Waals surface area contributed by atoms with Crippen LogP contribution in [-0.4, -0.2) is 36.8 Å². The van der Waals surface area contributed by atoms with Gasteiger partial charge in [0.05, 0.1) is 21.5 Å². The molecular formula is C19H23FN2O4S2. The number of piperidine rings is 1. The Bertz CT molecular complexity index is 904. The lowest BCUT2D eigenvalue weighted by molar-refractivity contribution is -0.151. The number of carbonyl (C=O) groups excluding carboxylic acids is 1. The van der Waals surface area contributed by atoms with Crippen LogP contribution in [0.15, 0.2) is 34.5 Å². The minimum Gasteiger partial charge on any atom is -0.459 e. The molecule has 0 unspecified atom stereocenters. The Balaban J connectivity index is 1.51. The van der Waals surface area contributed by atoms with Crippen LogP contribution in [0.2, 0.25) is 0 Å². The molecule has 9 heteroatoms. The molecule has 1 saturated heterocycles. The summed E-state index contributed by atoms with van der Waals surface area (Å²) in [7, 11) is -3.68. The van der Waals surface area contributed by atoms with E-state index < -0.39 is 15.8 Å². The Morgan fingerprint density at radius 2 is 1.96 bits per heavy atom. The predicted molar refractivity (Wildman–Crippen MR) is 104 cm³/mol. The summed E-state index contributed by atoms with van der Waals surface area (Å²) in [5.74, 6) is -1.13. The van der Waals surface area contributed by atoms with Gasteiger partial charge in [-0.3, -0.25) is 4.79 Å². The van der Waals surface area contributed by atoms with Crippen molar-refractivity contribution < 1.29 is 22.3 Å². The maximum atomic E-state index is 13.0. The lowest BCUT2D eigenvalue weighted by Crippen LogP contribution is -2.40. The number of benzene rings is 1. The minimum atomic E-state index is -3.68. The molecule has 1 aromatic heterocycles. The van der Waals surface area contributed by atoms with Crippen molar-refractivity contribution in [2.24, 2.45) is 5.92 Å². The number of rotatable bonds is 7. The zero-order valence-corrected chi connectivity index (χ0v) is 17.3.